The van der Waals surface area contributed by atoms with Crippen molar-refractivity contribution in [1.82, 2.24) is 4.90 Å². The number of aliphatic imine (C=N–C) groups is 2. The van der Waals surface area contributed by atoms with E-state index in [1.165, 1.54) is 47.5 Å². The SMILES string of the molecule is COC(=O)[C@]1(C(F)(F)F)N=C2C=CC(Cl)=CN2C(c2ccc(Cl)cc2)=N1. The van der Waals surface area contributed by atoms with E-state index in [1.54, 1.807) is 0 Å². The minimum absolute atomic E-state index is 0.155. The smallest absolute Gasteiger partial charge is 0.445 e. The summed E-state index contributed by atoms with van der Waals surface area (Å²) in [5.74, 6) is -1.97. The second-order valence-corrected chi connectivity index (χ2v) is 6.16. The zero-order chi connectivity index (χ0) is 19.1. The Hall–Kier alpha value is -2.32. The molecule has 0 N–H and O–H groups in total. The van der Waals surface area contributed by atoms with Gasteiger partial charge < -0.3 is 4.74 Å². The van der Waals surface area contributed by atoms with Crippen LogP contribution in [-0.2, 0) is 9.53 Å². The van der Waals surface area contributed by atoms with Crippen LogP contribution in [0.15, 0.2) is 57.6 Å². The summed E-state index contributed by atoms with van der Waals surface area (Å²) in [4.78, 5) is 20.5. The molecule has 0 saturated heterocycles. The van der Waals surface area contributed by atoms with E-state index >= 15 is 0 Å². The molecule has 2 heterocycles. The van der Waals surface area contributed by atoms with Crippen molar-refractivity contribution in [3.63, 3.8) is 0 Å². The van der Waals surface area contributed by atoms with Gasteiger partial charge in [-0.1, -0.05) is 23.2 Å². The van der Waals surface area contributed by atoms with Crippen LogP contribution in [0.5, 0.6) is 0 Å². The van der Waals surface area contributed by atoms with E-state index in [0.717, 1.165) is 7.11 Å². The number of nitrogens with zero attached hydrogens (tertiary/aromatic N) is 3. The maximum atomic E-state index is 13.8. The van der Waals surface area contributed by atoms with Gasteiger partial charge in [0.05, 0.1) is 12.1 Å². The Labute approximate surface area is 156 Å². The number of ether oxygens (including phenoxy) is 1. The predicted molar refractivity (Wildman–Crippen MR) is 91.1 cm³/mol. The Balaban J connectivity index is 2.27. The first-order valence-corrected chi connectivity index (χ1v) is 7.89. The Morgan fingerprint density at radius 3 is 2.38 bits per heavy atom. The topological polar surface area (TPSA) is 54.3 Å². The molecule has 0 amide bonds. The standard InChI is InChI=1S/C16H10Cl2F3N3O2/c1-26-14(25)15(16(19,20)21)22-12-7-6-11(18)8-24(12)13(23-15)9-2-4-10(17)5-3-9/h2-8H,1H3/t15-/m0/s1. The van der Waals surface area contributed by atoms with Gasteiger partial charge in [-0.2, -0.15) is 13.2 Å². The third-order valence-corrected chi connectivity index (χ3v) is 4.11. The zero-order valence-electron chi connectivity index (χ0n) is 13.1. The number of carbonyl (C=O) groups is 1. The number of rotatable bonds is 2. The molecular weight excluding hydrogens is 394 g/mol. The van der Waals surface area contributed by atoms with Gasteiger partial charge in [0.2, 0.25) is 0 Å². The number of amidine groups is 2. The van der Waals surface area contributed by atoms with Crippen molar-refractivity contribution in [2.45, 2.75) is 11.8 Å². The van der Waals surface area contributed by atoms with Crippen molar-refractivity contribution in [3.05, 3.63) is 58.2 Å². The predicted octanol–water partition coefficient (Wildman–Crippen LogP) is 3.88. The van der Waals surface area contributed by atoms with Gasteiger partial charge in [0.15, 0.2) is 0 Å². The average Bonchev–Trinajstić information content (AvgIpc) is 2.60. The van der Waals surface area contributed by atoms with E-state index in [0.29, 0.717) is 5.02 Å². The van der Waals surface area contributed by atoms with Crippen molar-refractivity contribution in [3.8, 4) is 0 Å². The van der Waals surface area contributed by atoms with Crippen LogP contribution in [0.2, 0.25) is 5.02 Å². The van der Waals surface area contributed by atoms with Crippen LogP contribution in [0.3, 0.4) is 0 Å². The molecule has 5 nitrogen and oxygen atoms in total. The first kappa shape index (κ1) is 18.5. The summed E-state index contributed by atoms with van der Waals surface area (Å²) in [6.45, 7) is 0. The lowest BCUT2D eigenvalue weighted by molar-refractivity contribution is -0.202. The number of benzene rings is 1. The van der Waals surface area contributed by atoms with Gasteiger partial charge in [0.25, 0.3) is 0 Å². The number of fused-ring (bicyclic) bond motifs is 1. The summed E-state index contributed by atoms with van der Waals surface area (Å²) in [5, 5.41) is 0.643. The molecule has 0 radical (unpaired) electrons. The highest BCUT2D eigenvalue weighted by Gasteiger charge is 2.64. The van der Waals surface area contributed by atoms with Crippen LogP contribution in [0.4, 0.5) is 13.2 Å². The molecular formula is C16H10Cl2F3N3O2. The summed E-state index contributed by atoms with van der Waals surface area (Å²) >= 11 is 11.8. The maximum Gasteiger partial charge on any atom is 0.445 e. The van der Waals surface area contributed by atoms with Crippen LogP contribution in [-0.4, -0.2) is 41.5 Å². The highest BCUT2D eigenvalue weighted by molar-refractivity contribution is 6.33. The van der Waals surface area contributed by atoms with Crippen molar-refractivity contribution >= 4 is 40.8 Å². The fraction of sp³-hybridized carbons (Fsp3) is 0.188. The summed E-state index contributed by atoms with van der Waals surface area (Å²) in [5.41, 5.74) is -3.12. The molecule has 2 aliphatic heterocycles. The first-order valence-electron chi connectivity index (χ1n) is 7.13. The summed E-state index contributed by atoms with van der Waals surface area (Å²) in [6, 6.07) is 5.93. The molecule has 26 heavy (non-hydrogen) atoms. The maximum absolute atomic E-state index is 13.8. The molecule has 136 valence electrons. The molecule has 1 atom stereocenters. The average molecular weight is 404 g/mol. The molecule has 0 aliphatic carbocycles. The molecule has 1 aromatic rings. The van der Waals surface area contributed by atoms with Gasteiger partial charge in [-0.25, -0.2) is 14.8 Å². The summed E-state index contributed by atoms with van der Waals surface area (Å²) in [6.07, 6.45) is -1.14. The van der Waals surface area contributed by atoms with Gasteiger partial charge in [-0.3, -0.25) is 4.90 Å². The lowest BCUT2D eigenvalue weighted by atomic mass is 10.1. The Kier molecular flexibility index (Phi) is 4.58. The fourth-order valence-electron chi connectivity index (χ4n) is 2.40. The van der Waals surface area contributed by atoms with E-state index in [2.05, 4.69) is 14.7 Å². The number of hydrogen-bond acceptors (Lipinski definition) is 5. The molecule has 1 aromatic carbocycles. The normalized spacial score (nSPS) is 22.2. The van der Waals surface area contributed by atoms with Gasteiger partial charge >= 0.3 is 17.8 Å². The number of esters is 1. The lowest BCUT2D eigenvalue weighted by Gasteiger charge is -2.36. The highest BCUT2D eigenvalue weighted by Crippen LogP contribution is 2.40. The van der Waals surface area contributed by atoms with Crippen molar-refractivity contribution in [2.75, 3.05) is 7.11 Å². The van der Waals surface area contributed by atoms with E-state index < -0.39 is 17.8 Å². The summed E-state index contributed by atoms with van der Waals surface area (Å²) < 4.78 is 45.8. The molecule has 10 heteroatoms. The van der Waals surface area contributed by atoms with Gasteiger partial charge in [0, 0.05) is 16.8 Å². The van der Waals surface area contributed by atoms with Crippen molar-refractivity contribution in [2.24, 2.45) is 9.98 Å². The van der Waals surface area contributed by atoms with Crippen LogP contribution in [0.1, 0.15) is 5.56 Å². The molecule has 0 spiro atoms. The monoisotopic (exact) mass is 403 g/mol. The van der Waals surface area contributed by atoms with Crippen LogP contribution < -0.4 is 0 Å². The number of halogens is 5. The molecule has 0 unspecified atom stereocenters. The molecule has 0 saturated carbocycles. The third-order valence-electron chi connectivity index (χ3n) is 3.63. The largest absolute Gasteiger partial charge is 0.465 e. The number of alkyl halides is 3. The van der Waals surface area contributed by atoms with Crippen LogP contribution in [0, 0.1) is 0 Å². The fourth-order valence-corrected chi connectivity index (χ4v) is 2.69. The van der Waals surface area contributed by atoms with E-state index in [-0.39, 0.29) is 22.3 Å². The lowest BCUT2D eigenvalue weighted by Crippen LogP contribution is -2.55. The molecule has 0 fully saturated rings. The first-order chi connectivity index (χ1) is 12.2. The Morgan fingerprint density at radius 1 is 1.15 bits per heavy atom. The Morgan fingerprint density at radius 2 is 1.81 bits per heavy atom. The van der Waals surface area contributed by atoms with Gasteiger partial charge in [-0.15, -0.1) is 0 Å². The molecule has 3 rings (SSSR count). The number of hydrogen-bond donors (Lipinski definition) is 0. The highest BCUT2D eigenvalue weighted by atomic mass is 35.5. The van der Waals surface area contributed by atoms with E-state index in [9.17, 15) is 18.0 Å². The van der Waals surface area contributed by atoms with Crippen molar-refractivity contribution < 1.29 is 22.7 Å². The minimum atomic E-state index is -5.12. The quantitative estimate of drug-likeness (QED) is 0.704. The third kappa shape index (κ3) is 2.99. The van der Waals surface area contributed by atoms with Crippen molar-refractivity contribution in [1.29, 1.82) is 0 Å². The van der Waals surface area contributed by atoms with Crippen LogP contribution in [0.25, 0.3) is 0 Å². The second-order valence-electron chi connectivity index (χ2n) is 5.29. The second kappa shape index (κ2) is 6.44. The van der Waals surface area contributed by atoms with Gasteiger partial charge in [0.1, 0.15) is 11.7 Å². The molecule has 2 aliphatic rings. The number of methoxy groups -OCH3 is 1. The van der Waals surface area contributed by atoms with Gasteiger partial charge in [-0.05, 0) is 36.4 Å². The minimum Gasteiger partial charge on any atom is -0.465 e. The number of allylic oxidation sites excluding steroid dienone is 2. The van der Waals surface area contributed by atoms with E-state index in [4.69, 9.17) is 23.2 Å². The molecule has 0 bridgehead atoms. The van der Waals surface area contributed by atoms with Crippen LogP contribution >= 0.6 is 23.2 Å². The zero-order valence-corrected chi connectivity index (χ0v) is 14.6. The summed E-state index contributed by atoms with van der Waals surface area (Å²) in [7, 11) is 0.841. The number of carbonyl (C=O) groups excluding carboxylic acids is 1. The Bertz CT molecular complexity index is 876. The molecule has 0 aromatic heterocycles. The van der Waals surface area contributed by atoms with E-state index in [1.807, 2.05) is 0 Å².